The van der Waals surface area contributed by atoms with Gasteiger partial charge in [0.2, 0.25) is 17.7 Å². The molecule has 7 nitrogen and oxygen atoms in total. The van der Waals surface area contributed by atoms with Crippen LogP contribution in [0, 0.1) is 0 Å². The van der Waals surface area contributed by atoms with Crippen molar-refractivity contribution in [3.8, 4) is 0 Å². The summed E-state index contributed by atoms with van der Waals surface area (Å²) in [7, 11) is 0. The maximum absolute atomic E-state index is 12.8. The summed E-state index contributed by atoms with van der Waals surface area (Å²) in [4.78, 5) is 48.3. The summed E-state index contributed by atoms with van der Waals surface area (Å²) in [5.74, 6) is -1.14. The van der Waals surface area contributed by atoms with E-state index >= 15 is 0 Å². The van der Waals surface area contributed by atoms with Crippen molar-refractivity contribution in [1.29, 1.82) is 0 Å². The lowest BCUT2D eigenvalue weighted by molar-refractivity contribution is -0.140. The minimum Gasteiger partial charge on any atom is -0.351 e. The van der Waals surface area contributed by atoms with Gasteiger partial charge < -0.3 is 5.73 Å². The molecule has 0 unspecified atom stereocenters. The summed E-state index contributed by atoms with van der Waals surface area (Å²) in [6, 6.07) is 6.72. The Morgan fingerprint density at radius 2 is 2.00 bits per heavy atom. The second kappa shape index (κ2) is 5.49. The van der Waals surface area contributed by atoms with E-state index in [1.165, 1.54) is 0 Å². The Morgan fingerprint density at radius 3 is 2.74 bits per heavy atom. The minimum atomic E-state index is -0.949. The van der Waals surface area contributed by atoms with Crippen molar-refractivity contribution in [3.05, 3.63) is 35.4 Å². The minimum absolute atomic E-state index is 0.0410. The molecule has 1 aliphatic carbocycles. The van der Waals surface area contributed by atoms with E-state index < -0.39 is 17.4 Å². The zero-order chi connectivity index (χ0) is 16.6. The highest BCUT2D eigenvalue weighted by Gasteiger charge is 2.55. The molecular weight excluding hydrogens is 298 g/mol. The maximum atomic E-state index is 12.8. The van der Waals surface area contributed by atoms with Gasteiger partial charge >= 0.3 is 6.03 Å². The molecule has 3 rings (SSSR count). The molecule has 1 aromatic carbocycles. The molecular formula is C16H17N3O4. The van der Waals surface area contributed by atoms with Crippen LogP contribution in [0.3, 0.4) is 0 Å². The van der Waals surface area contributed by atoms with E-state index in [1.54, 1.807) is 0 Å². The van der Waals surface area contributed by atoms with Crippen LogP contribution in [0.2, 0.25) is 0 Å². The highest BCUT2D eigenvalue weighted by molar-refractivity contribution is 6.10. The summed E-state index contributed by atoms with van der Waals surface area (Å²) in [5, 5.41) is 1.92. The number of amides is 5. The van der Waals surface area contributed by atoms with Crippen LogP contribution in [-0.4, -0.2) is 35.2 Å². The fourth-order valence-electron chi connectivity index (χ4n) is 3.53. The fraction of sp³-hybridized carbons (Fsp3) is 0.375. The van der Waals surface area contributed by atoms with Crippen LogP contribution in [0.25, 0.3) is 0 Å². The Labute approximate surface area is 132 Å². The molecule has 120 valence electrons. The van der Waals surface area contributed by atoms with Crippen molar-refractivity contribution >= 4 is 23.8 Å². The predicted molar refractivity (Wildman–Crippen MR) is 80.1 cm³/mol. The molecule has 0 saturated carbocycles. The number of primary amides is 1. The number of aryl methyl sites for hydroxylation is 1. The van der Waals surface area contributed by atoms with E-state index in [0.717, 1.165) is 22.4 Å². The summed E-state index contributed by atoms with van der Waals surface area (Å²) in [5.41, 5.74) is 6.09. The average molecular weight is 315 g/mol. The van der Waals surface area contributed by atoms with Gasteiger partial charge in [0.15, 0.2) is 0 Å². The number of likely N-dealkylation sites (tertiary alicyclic amines) is 1. The molecule has 1 heterocycles. The monoisotopic (exact) mass is 315 g/mol. The Bertz CT molecular complexity index is 715. The number of rotatable bonds is 3. The quantitative estimate of drug-likeness (QED) is 0.777. The lowest BCUT2D eigenvalue weighted by atomic mass is 9.80. The Morgan fingerprint density at radius 1 is 1.26 bits per heavy atom. The van der Waals surface area contributed by atoms with Gasteiger partial charge in [-0.15, -0.1) is 0 Å². The topological polar surface area (TPSA) is 110 Å². The van der Waals surface area contributed by atoms with Crippen LogP contribution in [0.4, 0.5) is 4.79 Å². The van der Waals surface area contributed by atoms with Crippen LogP contribution >= 0.6 is 0 Å². The Hall–Kier alpha value is -2.70. The van der Waals surface area contributed by atoms with Gasteiger partial charge in [-0.2, -0.15) is 0 Å². The molecule has 0 bridgehead atoms. The zero-order valence-corrected chi connectivity index (χ0v) is 12.5. The van der Waals surface area contributed by atoms with E-state index in [4.69, 9.17) is 5.73 Å². The van der Waals surface area contributed by atoms with E-state index in [9.17, 15) is 19.2 Å². The average Bonchev–Trinajstić information content (AvgIpc) is 2.97. The van der Waals surface area contributed by atoms with E-state index in [0.29, 0.717) is 6.42 Å². The van der Waals surface area contributed by atoms with Gasteiger partial charge in [-0.25, -0.2) is 4.79 Å². The number of nitrogens with zero attached hydrogens (tertiary/aromatic N) is 1. The highest BCUT2D eigenvalue weighted by Crippen LogP contribution is 2.46. The molecule has 1 atom stereocenters. The standard InChI is InChI=1S/C16H17N3O4/c17-15(23)18-12(20)6-8-19-13(21)9-16(14(19)22)7-5-10-3-1-2-4-11(10)16/h1-4H,5-9H2,(H3,17,18,20,23)/t16-/m0/s1. The molecule has 1 saturated heterocycles. The van der Waals surface area contributed by atoms with Crippen LogP contribution in [0.15, 0.2) is 24.3 Å². The lowest BCUT2D eigenvalue weighted by Gasteiger charge is -2.22. The second-order valence-corrected chi connectivity index (χ2v) is 5.93. The zero-order valence-electron chi connectivity index (χ0n) is 12.5. The molecule has 0 radical (unpaired) electrons. The van der Waals surface area contributed by atoms with Gasteiger partial charge in [0, 0.05) is 19.4 Å². The molecule has 1 spiro atoms. The van der Waals surface area contributed by atoms with Crippen LogP contribution in [-0.2, 0) is 26.2 Å². The normalized spacial score (nSPS) is 22.5. The van der Waals surface area contributed by atoms with Gasteiger partial charge in [-0.05, 0) is 24.0 Å². The van der Waals surface area contributed by atoms with Crippen molar-refractivity contribution in [1.82, 2.24) is 10.2 Å². The molecule has 2 aliphatic rings. The first-order valence-electron chi connectivity index (χ1n) is 7.46. The van der Waals surface area contributed by atoms with E-state index in [1.807, 2.05) is 29.6 Å². The summed E-state index contributed by atoms with van der Waals surface area (Å²) >= 11 is 0. The molecule has 1 aliphatic heterocycles. The molecule has 23 heavy (non-hydrogen) atoms. The lowest BCUT2D eigenvalue weighted by Crippen LogP contribution is -2.41. The number of nitrogens with one attached hydrogen (secondary N) is 1. The van der Waals surface area contributed by atoms with Gasteiger partial charge in [0.05, 0.1) is 5.41 Å². The third kappa shape index (κ3) is 2.48. The molecule has 1 fully saturated rings. The first kappa shape index (κ1) is 15.2. The van der Waals surface area contributed by atoms with Gasteiger partial charge in [0.25, 0.3) is 0 Å². The Kier molecular flexibility index (Phi) is 3.63. The first-order chi connectivity index (χ1) is 10.9. The number of urea groups is 1. The largest absolute Gasteiger partial charge is 0.351 e. The first-order valence-corrected chi connectivity index (χ1v) is 7.46. The van der Waals surface area contributed by atoms with Crippen molar-refractivity contribution < 1.29 is 19.2 Å². The van der Waals surface area contributed by atoms with Crippen LogP contribution < -0.4 is 11.1 Å². The third-order valence-corrected chi connectivity index (χ3v) is 4.59. The van der Waals surface area contributed by atoms with Crippen molar-refractivity contribution in [2.45, 2.75) is 31.1 Å². The number of imide groups is 2. The number of carbonyl (C=O) groups excluding carboxylic acids is 4. The van der Waals surface area contributed by atoms with Crippen molar-refractivity contribution in [3.63, 3.8) is 0 Å². The van der Waals surface area contributed by atoms with E-state index in [2.05, 4.69) is 0 Å². The van der Waals surface area contributed by atoms with Gasteiger partial charge in [-0.3, -0.25) is 24.6 Å². The predicted octanol–water partition coefficient (Wildman–Crippen LogP) is 0.215. The summed E-state index contributed by atoms with van der Waals surface area (Å²) in [6.07, 6.45) is 1.38. The molecule has 3 N–H and O–H groups in total. The number of benzene rings is 1. The van der Waals surface area contributed by atoms with Gasteiger partial charge in [-0.1, -0.05) is 24.3 Å². The SMILES string of the molecule is NC(=O)NC(=O)CCN1C(=O)C[C@]2(CCc3ccccc32)C1=O. The number of hydrogen-bond donors (Lipinski definition) is 2. The number of nitrogens with two attached hydrogens (primary N) is 1. The van der Waals surface area contributed by atoms with E-state index in [-0.39, 0.29) is 31.2 Å². The molecule has 7 heteroatoms. The fourth-order valence-corrected chi connectivity index (χ4v) is 3.53. The van der Waals surface area contributed by atoms with Crippen molar-refractivity contribution in [2.75, 3.05) is 6.54 Å². The summed E-state index contributed by atoms with van der Waals surface area (Å²) < 4.78 is 0. The molecule has 0 aromatic heterocycles. The highest BCUT2D eigenvalue weighted by atomic mass is 16.2. The number of hydrogen-bond acceptors (Lipinski definition) is 4. The summed E-state index contributed by atoms with van der Waals surface area (Å²) in [6.45, 7) is -0.0410. The number of carbonyl (C=O) groups is 4. The van der Waals surface area contributed by atoms with Crippen LogP contribution in [0.5, 0.6) is 0 Å². The Balaban J connectivity index is 1.77. The smallest absolute Gasteiger partial charge is 0.318 e. The second-order valence-electron chi connectivity index (χ2n) is 5.93. The number of fused-ring (bicyclic) bond motifs is 2. The molecule has 1 aromatic rings. The molecule has 5 amide bonds. The van der Waals surface area contributed by atoms with Crippen molar-refractivity contribution in [2.24, 2.45) is 5.73 Å². The maximum Gasteiger partial charge on any atom is 0.318 e. The van der Waals surface area contributed by atoms with Gasteiger partial charge in [0.1, 0.15) is 0 Å². The van der Waals surface area contributed by atoms with Crippen LogP contribution in [0.1, 0.15) is 30.4 Å². The third-order valence-electron chi connectivity index (χ3n) is 4.59.